The summed E-state index contributed by atoms with van der Waals surface area (Å²) in [5.41, 5.74) is 7.14. The minimum atomic E-state index is 0.589. The summed E-state index contributed by atoms with van der Waals surface area (Å²) in [6, 6.07) is 13.0. The number of anilines is 2. The molecule has 0 spiro atoms. The maximum absolute atomic E-state index is 5.97. The van der Waals surface area contributed by atoms with E-state index in [0.717, 1.165) is 39.3 Å². The van der Waals surface area contributed by atoms with Crippen molar-refractivity contribution in [2.45, 2.75) is 39.5 Å². The van der Waals surface area contributed by atoms with Gasteiger partial charge in [-0.3, -0.25) is 9.98 Å². The summed E-state index contributed by atoms with van der Waals surface area (Å²) in [6.45, 7) is 9.28. The van der Waals surface area contributed by atoms with Gasteiger partial charge >= 0.3 is 0 Å². The molecule has 40 heavy (non-hydrogen) atoms. The van der Waals surface area contributed by atoms with Crippen molar-refractivity contribution in [3.05, 3.63) is 58.7 Å². The van der Waals surface area contributed by atoms with Gasteiger partial charge in [0.1, 0.15) is 0 Å². The van der Waals surface area contributed by atoms with Crippen LogP contribution in [0.4, 0.5) is 11.4 Å². The number of halogens is 4. The van der Waals surface area contributed by atoms with E-state index in [2.05, 4.69) is 60.0 Å². The summed E-state index contributed by atoms with van der Waals surface area (Å²) in [6.07, 6.45) is 9.00. The Morgan fingerprint density at radius 3 is 1.27 bits per heavy atom. The summed E-state index contributed by atoms with van der Waals surface area (Å²) in [5.74, 6) is 3.69. The highest BCUT2D eigenvalue weighted by Crippen LogP contribution is 2.29. The van der Waals surface area contributed by atoms with Gasteiger partial charge in [0.05, 0.1) is 0 Å². The molecule has 2 aromatic carbocycles. The Kier molecular flexibility index (Phi) is 15.0. The number of hydrogen-bond acceptors (Lipinski definition) is 4. The first-order valence-corrected chi connectivity index (χ1v) is 16.6. The lowest BCUT2D eigenvalue weighted by Crippen LogP contribution is -2.27. The molecular formula is C32H44Cl4N4. The molecular weight excluding hydrogens is 582 g/mol. The zero-order valence-electron chi connectivity index (χ0n) is 24.0. The molecule has 0 saturated heterocycles. The fraction of sp³-hybridized carbons (Fsp3) is 0.562. The van der Waals surface area contributed by atoms with E-state index in [1.165, 1.54) is 59.3 Å². The Morgan fingerprint density at radius 1 is 0.625 bits per heavy atom. The van der Waals surface area contributed by atoms with Gasteiger partial charge in [-0.05, 0) is 97.9 Å². The van der Waals surface area contributed by atoms with E-state index in [1.54, 1.807) is 0 Å². The smallest absolute Gasteiger partial charge is 0.0417 e. The lowest BCUT2D eigenvalue weighted by Gasteiger charge is -2.26. The van der Waals surface area contributed by atoms with Crippen molar-refractivity contribution in [2.24, 2.45) is 21.8 Å². The minimum absolute atomic E-state index is 0.589. The lowest BCUT2D eigenvalue weighted by atomic mass is 9.82. The van der Waals surface area contributed by atoms with Crippen molar-refractivity contribution >= 4 is 70.2 Å². The Morgan fingerprint density at radius 2 is 0.975 bits per heavy atom. The Balaban J connectivity index is 1.44. The van der Waals surface area contributed by atoms with Gasteiger partial charge in [-0.15, -0.1) is 46.4 Å². The Labute approximate surface area is 261 Å². The van der Waals surface area contributed by atoms with Crippen LogP contribution in [-0.2, 0) is 0 Å². The second-order valence-electron chi connectivity index (χ2n) is 10.7. The number of hydrogen-bond donors (Lipinski definition) is 0. The average molecular weight is 627 g/mol. The molecule has 4 nitrogen and oxygen atoms in total. The molecule has 0 aromatic heterocycles. The lowest BCUT2D eigenvalue weighted by molar-refractivity contribution is 0.286. The van der Waals surface area contributed by atoms with E-state index < -0.39 is 0 Å². The van der Waals surface area contributed by atoms with Gasteiger partial charge in [0.25, 0.3) is 0 Å². The Hall–Kier alpha value is -1.46. The molecule has 220 valence electrons. The van der Waals surface area contributed by atoms with E-state index in [4.69, 9.17) is 56.4 Å². The molecule has 8 heteroatoms. The largest absolute Gasteiger partial charge is 0.369 e. The SMILES string of the molecule is Cc1cc(N(CCCl)CCCl)ccc1C=NCC1CCC(CN=Cc2ccc(N(CCCl)CCCl)cc2C)CC1. The van der Waals surface area contributed by atoms with Gasteiger partial charge in [0.2, 0.25) is 0 Å². The first-order chi connectivity index (χ1) is 19.5. The third-order valence-electron chi connectivity index (χ3n) is 7.81. The molecule has 0 aliphatic heterocycles. The number of alkyl halides is 4. The minimum Gasteiger partial charge on any atom is -0.369 e. The highest BCUT2D eigenvalue weighted by atomic mass is 35.5. The number of benzene rings is 2. The number of nitrogens with zero attached hydrogens (tertiary/aromatic N) is 4. The fourth-order valence-electron chi connectivity index (χ4n) is 5.35. The molecule has 0 heterocycles. The van der Waals surface area contributed by atoms with Gasteiger partial charge in [-0.25, -0.2) is 0 Å². The van der Waals surface area contributed by atoms with Crippen molar-refractivity contribution in [1.82, 2.24) is 0 Å². The van der Waals surface area contributed by atoms with Crippen LogP contribution in [0.25, 0.3) is 0 Å². The summed E-state index contributed by atoms with van der Waals surface area (Å²) in [7, 11) is 0. The van der Waals surface area contributed by atoms with Crippen molar-refractivity contribution in [3.8, 4) is 0 Å². The zero-order chi connectivity index (χ0) is 28.7. The van der Waals surface area contributed by atoms with E-state index in [9.17, 15) is 0 Å². The maximum Gasteiger partial charge on any atom is 0.0417 e. The van der Waals surface area contributed by atoms with Crippen LogP contribution >= 0.6 is 46.4 Å². The van der Waals surface area contributed by atoms with Crippen LogP contribution in [0, 0.1) is 25.7 Å². The van der Waals surface area contributed by atoms with Crippen molar-refractivity contribution in [1.29, 1.82) is 0 Å². The molecule has 1 aliphatic rings. The highest BCUT2D eigenvalue weighted by Gasteiger charge is 2.20. The third-order valence-corrected chi connectivity index (χ3v) is 8.49. The molecule has 0 N–H and O–H groups in total. The molecule has 0 bridgehead atoms. The average Bonchev–Trinajstić information content (AvgIpc) is 2.95. The molecule has 0 atom stereocenters. The molecule has 1 fully saturated rings. The zero-order valence-corrected chi connectivity index (χ0v) is 27.0. The predicted molar refractivity (Wildman–Crippen MR) is 180 cm³/mol. The first kappa shape index (κ1) is 33.0. The molecule has 2 aromatic rings. The van der Waals surface area contributed by atoms with E-state index in [0.29, 0.717) is 35.4 Å². The van der Waals surface area contributed by atoms with Crippen LogP contribution in [0.1, 0.15) is 47.9 Å². The summed E-state index contributed by atoms with van der Waals surface area (Å²) in [5, 5.41) is 0. The standard InChI is InChI=1S/C32H44Cl4N4/c1-25-19-31(39(15-11-33)16-12-34)9-7-29(25)23-37-21-27-3-5-28(6-4-27)22-38-24-30-8-10-32(20-26(30)2)40(17-13-35)18-14-36/h7-10,19-20,23-24,27-28H,3-6,11-18,21-22H2,1-2H3. The van der Waals surface area contributed by atoms with Crippen LogP contribution < -0.4 is 9.80 Å². The molecule has 1 saturated carbocycles. The second-order valence-corrected chi connectivity index (χ2v) is 12.2. The van der Waals surface area contributed by atoms with Crippen LogP contribution in [0.3, 0.4) is 0 Å². The predicted octanol–water partition coefficient (Wildman–Crippen LogP) is 8.22. The van der Waals surface area contributed by atoms with Crippen molar-refractivity contribution in [2.75, 3.05) is 72.6 Å². The van der Waals surface area contributed by atoms with Gasteiger partial charge in [0, 0.05) is 86.6 Å². The van der Waals surface area contributed by atoms with Crippen LogP contribution in [0.2, 0.25) is 0 Å². The monoisotopic (exact) mass is 624 g/mol. The molecule has 0 unspecified atom stereocenters. The van der Waals surface area contributed by atoms with Crippen LogP contribution in [-0.4, -0.2) is 75.2 Å². The van der Waals surface area contributed by atoms with Gasteiger partial charge in [-0.1, -0.05) is 12.1 Å². The summed E-state index contributed by atoms with van der Waals surface area (Å²) in [4.78, 5) is 14.1. The van der Waals surface area contributed by atoms with Crippen molar-refractivity contribution < 1.29 is 0 Å². The highest BCUT2D eigenvalue weighted by molar-refractivity contribution is 6.19. The van der Waals surface area contributed by atoms with Crippen LogP contribution in [0.15, 0.2) is 46.4 Å². The van der Waals surface area contributed by atoms with Gasteiger partial charge in [-0.2, -0.15) is 0 Å². The molecule has 3 rings (SSSR count). The summed E-state index contributed by atoms with van der Waals surface area (Å²) >= 11 is 23.9. The molecule has 0 amide bonds. The number of rotatable bonds is 16. The topological polar surface area (TPSA) is 31.2 Å². The van der Waals surface area contributed by atoms with Gasteiger partial charge in [0.15, 0.2) is 0 Å². The second kappa shape index (κ2) is 18.2. The fourth-order valence-corrected chi connectivity index (χ4v) is 6.16. The Bertz CT molecular complexity index is 985. The van der Waals surface area contributed by atoms with Crippen LogP contribution in [0.5, 0.6) is 0 Å². The number of aliphatic imine (C=N–C) groups is 2. The first-order valence-electron chi connectivity index (χ1n) is 14.4. The van der Waals surface area contributed by atoms with E-state index >= 15 is 0 Å². The maximum atomic E-state index is 5.97. The quantitative estimate of drug-likeness (QED) is 0.139. The third kappa shape index (κ3) is 10.4. The van der Waals surface area contributed by atoms with E-state index in [1.807, 2.05) is 12.4 Å². The normalized spacial score (nSPS) is 17.6. The molecule has 1 aliphatic carbocycles. The summed E-state index contributed by atoms with van der Waals surface area (Å²) < 4.78 is 0. The molecule has 0 radical (unpaired) electrons. The van der Waals surface area contributed by atoms with Crippen molar-refractivity contribution in [3.63, 3.8) is 0 Å². The number of aryl methyl sites for hydroxylation is 2. The van der Waals surface area contributed by atoms with E-state index in [-0.39, 0.29) is 0 Å². The van der Waals surface area contributed by atoms with Gasteiger partial charge < -0.3 is 9.80 Å².